The van der Waals surface area contributed by atoms with E-state index in [4.69, 9.17) is 5.73 Å². The van der Waals surface area contributed by atoms with Gasteiger partial charge in [-0.2, -0.15) is 0 Å². The molecular weight excluding hydrogens is 226 g/mol. The van der Waals surface area contributed by atoms with Gasteiger partial charge in [0, 0.05) is 11.4 Å². The van der Waals surface area contributed by atoms with Crippen LogP contribution in [-0.4, -0.2) is 24.5 Å². The predicted octanol–water partition coefficient (Wildman–Crippen LogP) is 1.13. The summed E-state index contributed by atoms with van der Waals surface area (Å²) < 4.78 is 23.2. The van der Waals surface area contributed by atoms with Crippen LogP contribution in [0.2, 0.25) is 0 Å². The topological polar surface area (TPSA) is 80.4 Å². The highest BCUT2D eigenvalue weighted by Crippen LogP contribution is 2.23. The molecule has 0 aliphatic heterocycles. The van der Waals surface area contributed by atoms with Gasteiger partial charge in [-0.05, 0) is 24.6 Å². The molecule has 0 fully saturated rings. The highest BCUT2D eigenvalue weighted by atomic mass is 32.2. The van der Waals surface area contributed by atoms with Gasteiger partial charge in [0.2, 0.25) is 0 Å². The van der Waals surface area contributed by atoms with Gasteiger partial charge in [-0.25, -0.2) is 8.42 Å². The van der Waals surface area contributed by atoms with Crippen LogP contribution in [0.1, 0.15) is 25.5 Å². The molecule has 3 N–H and O–H groups in total. The number of rotatable bonds is 4. The van der Waals surface area contributed by atoms with Crippen molar-refractivity contribution in [2.75, 3.05) is 11.5 Å². The van der Waals surface area contributed by atoms with Gasteiger partial charge in [0.1, 0.15) is 0 Å². The lowest BCUT2D eigenvalue weighted by Crippen LogP contribution is -2.26. The fraction of sp³-hybridized carbons (Fsp3) is 0.455. The number of anilines is 1. The second-order valence-electron chi connectivity index (χ2n) is 3.77. The maximum atomic E-state index is 11.6. The number of hydrogen-bond donors (Lipinski definition) is 2. The number of nitrogens with two attached hydrogens (primary N) is 1. The minimum Gasteiger partial charge on any atom is -0.399 e. The largest absolute Gasteiger partial charge is 0.399 e. The van der Waals surface area contributed by atoms with Crippen LogP contribution in [0.15, 0.2) is 24.3 Å². The van der Waals surface area contributed by atoms with Crippen LogP contribution in [0.3, 0.4) is 0 Å². The number of nitrogen functional groups attached to an aromatic ring is 1. The van der Waals surface area contributed by atoms with Crippen LogP contribution in [0.4, 0.5) is 5.69 Å². The zero-order chi connectivity index (χ0) is 12.3. The van der Waals surface area contributed by atoms with Crippen molar-refractivity contribution < 1.29 is 13.5 Å². The fourth-order valence-electron chi connectivity index (χ4n) is 1.47. The van der Waals surface area contributed by atoms with E-state index in [0.717, 1.165) is 0 Å². The van der Waals surface area contributed by atoms with E-state index in [1.54, 1.807) is 31.2 Å². The zero-order valence-electron chi connectivity index (χ0n) is 9.42. The smallest absolute Gasteiger partial charge is 0.155 e. The van der Waals surface area contributed by atoms with Crippen LogP contribution in [0.25, 0.3) is 0 Å². The summed E-state index contributed by atoms with van der Waals surface area (Å²) in [5, 5.41) is 9.13. The Morgan fingerprint density at radius 2 is 2.06 bits per heavy atom. The highest BCUT2D eigenvalue weighted by molar-refractivity contribution is 7.92. The van der Waals surface area contributed by atoms with Gasteiger partial charge in [-0.3, -0.25) is 0 Å². The molecule has 0 aromatic heterocycles. The Kier molecular flexibility index (Phi) is 3.93. The maximum absolute atomic E-state index is 11.6. The summed E-state index contributed by atoms with van der Waals surface area (Å²) in [6.07, 6.45) is -1.03. The van der Waals surface area contributed by atoms with Gasteiger partial charge < -0.3 is 10.8 Å². The molecule has 0 bridgehead atoms. The highest BCUT2D eigenvalue weighted by Gasteiger charge is 2.27. The van der Waals surface area contributed by atoms with Gasteiger partial charge in [0.25, 0.3) is 0 Å². The van der Waals surface area contributed by atoms with E-state index in [1.807, 2.05) is 0 Å². The number of aliphatic hydroxyl groups excluding tert-OH is 1. The standard InChI is InChI=1S/C11H17NO3S/c1-3-16(14,15)8(2)11(13)9-5-4-6-10(12)7-9/h4-8,11,13H,3,12H2,1-2H3/t8-,11-/m1/s1. The molecule has 0 unspecified atom stereocenters. The second-order valence-corrected chi connectivity index (χ2v) is 6.42. The summed E-state index contributed by atoms with van der Waals surface area (Å²) in [7, 11) is -3.25. The van der Waals surface area contributed by atoms with Crippen LogP contribution >= 0.6 is 0 Å². The van der Waals surface area contributed by atoms with Crippen LogP contribution in [0, 0.1) is 0 Å². The van der Waals surface area contributed by atoms with Crippen molar-refractivity contribution in [2.45, 2.75) is 25.2 Å². The molecule has 1 aromatic carbocycles. The van der Waals surface area contributed by atoms with E-state index in [9.17, 15) is 13.5 Å². The molecule has 1 aromatic rings. The average Bonchev–Trinajstić information content (AvgIpc) is 2.27. The third-order valence-electron chi connectivity index (χ3n) is 2.67. The lowest BCUT2D eigenvalue weighted by Gasteiger charge is -2.19. The molecule has 0 heterocycles. The summed E-state index contributed by atoms with van der Waals surface area (Å²) in [4.78, 5) is 0. The van der Waals surface area contributed by atoms with Crippen molar-refractivity contribution in [3.8, 4) is 0 Å². The maximum Gasteiger partial charge on any atom is 0.155 e. The fourth-order valence-corrected chi connectivity index (χ4v) is 2.55. The molecule has 2 atom stereocenters. The molecule has 4 nitrogen and oxygen atoms in total. The molecule has 90 valence electrons. The first-order valence-electron chi connectivity index (χ1n) is 5.13. The third-order valence-corrected chi connectivity index (χ3v) is 4.86. The normalized spacial score (nSPS) is 15.7. The molecule has 0 saturated carbocycles. The Labute approximate surface area is 96.0 Å². The summed E-state index contributed by atoms with van der Waals surface area (Å²) in [5.74, 6) is 0.0214. The molecule has 0 amide bonds. The van der Waals surface area contributed by atoms with Crippen LogP contribution in [-0.2, 0) is 9.84 Å². The van der Waals surface area contributed by atoms with E-state index in [-0.39, 0.29) is 5.75 Å². The van der Waals surface area contributed by atoms with Gasteiger partial charge in [0.15, 0.2) is 9.84 Å². The van der Waals surface area contributed by atoms with Crippen LogP contribution in [0.5, 0.6) is 0 Å². The average molecular weight is 243 g/mol. The van der Waals surface area contributed by atoms with Crippen LogP contribution < -0.4 is 5.73 Å². The van der Waals surface area contributed by atoms with Crippen molar-refractivity contribution in [3.63, 3.8) is 0 Å². The molecule has 0 saturated heterocycles. The molecule has 0 aliphatic rings. The Balaban J connectivity index is 2.99. The van der Waals surface area contributed by atoms with E-state index in [1.165, 1.54) is 6.92 Å². The monoisotopic (exact) mass is 243 g/mol. The van der Waals surface area contributed by atoms with E-state index >= 15 is 0 Å². The first-order chi connectivity index (χ1) is 7.38. The van der Waals surface area contributed by atoms with Gasteiger partial charge in [-0.15, -0.1) is 0 Å². The summed E-state index contributed by atoms with van der Waals surface area (Å²) in [6.45, 7) is 3.07. The minimum atomic E-state index is -3.25. The number of hydrogen-bond acceptors (Lipinski definition) is 4. The zero-order valence-corrected chi connectivity index (χ0v) is 10.2. The molecule has 0 aliphatic carbocycles. The molecule has 0 radical (unpaired) electrons. The summed E-state index contributed by atoms with van der Waals surface area (Å²) in [5.41, 5.74) is 6.62. The van der Waals surface area contributed by atoms with Crippen molar-refractivity contribution in [3.05, 3.63) is 29.8 Å². The molecule has 16 heavy (non-hydrogen) atoms. The summed E-state index contributed by atoms with van der Waals surface area (Å²) in [6, 6.07) is 6.64. The predicted molar refractivity (Wildman–Crippen MR) is 64.7 cm³/mol. The first-order valence-corrected chi connectivity index (χ1v) is 6.85. The lowest BCUT2D eigenvalue weighted by atomic mass is 10.1. The number of aliphatic hydroxyl groups is 1. The SMILES string of the molecule is CCS(=O)(=O)[C@H](C)[C@@H](O)c1cccc(N)c1. The van der Waals surface area contributed by atoms with Crippen molar-refractivity contribution in [1.82, 2.24) is 0 Å². The van der Waals surface area contributed by atoms with Gasteiger partial charge in [0.05, 0.1) is 11.4 Å². The first kappa shape index (κ1) is 13.0. The second kappa shape index (κ2) is 4.84. The lowest BCUT2D eigenvalue weighted by molar-refractivity contribution is 0.176. The Morgan fingerprint density at radius 3 is 2.56 bits per heavy atom. The Morgan fingerprint density at radius 1 is 1.44 bits per heavy atom. The minimum absolute atomic E-state index is 0.0214. The van der Waals surface area contributed by atoms with Crippen molar-refractivity contribution >= 4 is 15.5 Å². The number of sulfone groups is 1. The quantitative estimate of drug-likeness (QED) is 0.777. The van der Waals surface area contributed by atoms with E-state index < -0.39 is 21.2 Å². The molecular formula is C11H17NO3S. The van der Waals surface area contributed by atoms with Gasteiger partial charge >= 0.3 is 0 Å². The van der Waals surface area contributed by atoms with Crippen molar-refractivity contribution in [1.29, 1.82) is 0 Å². The van der Waals surface area contributed by atoms with Crippen molar-refractivity contribution in [2.24, 2.45) is 0 Å². The molecule has 1 rings (SSSR count). The molecule has 0 spiro atoms. The van der Waals surface area contributed by atoms with Gasteiger partial charge in [-0.1, -0.05) is 19.1 Å². The summed E-state index contributed by atoms with van der Waals surface area (Å²) >= 11 is 0. The molecule has 5 heteroatoms. The third kappa shape index (κ3) is 2.74. The number of benzene rings is 1. The van der Waals surface area contributed by atoms with E-state index in [2.05, 4.69) is 0 Å². The Hall–Kier alpha value is -1.07. The van der Waals surface area contributed by atoms with E-state index in [0.29, 0.717) is 11.3 Å². The Bertz CT molecular complexity index is 456.